The smallest absolute Gasteiger partial charge is 0.258 e. The number of benzene rings is 3. The van der Waals surface area contributed by atoms with Crippen LogP contribution in [0.5, 0.6) is 5.75 Å². The van der Waals surface area contributed by atoms with Crippen molar-refractivity contribution < 1.29 is 22.7 Å². The lowest BCUT2D eigenvalue weighted by Gasteiger charge is -2.31. The number of carbonyl (C=O) groups is 1. The number of fused-ring (bicyclic) bond motifs is 2. The second-order valence-corrected chi connectivity index (χ2v) is 8.25. The van der Waals surface area contributed by atoms with Crippen molar-refractivity contribution in [3.05, 3.63) is 77.6 Å². The zero-order valence-electron chi connectivity index (χ0n) is 17.9. The highest BCUT2D eigenvalue weighted by Crippen LogP contribution is 2.37. The number of carbonyl (C=O) groups excluding carboxylic acids is 1. The second-order valence-electron chi connectivity index (χ2n) is 8.25. The van der Waals surface area contributed by atoms with E-state index in [1.54, 1.807) is 6.07 Å². The van der Waals surface area contributed by atoms with Crippen molar-refractivity contribution in [3.8, 4) is 16.9 Å². The Morgan fingerprint density at radius 2 is 1.94 bits per heavy atom. The predicted molar refractivity (Wildman–Crippen MR) is 120 cm³/mol. The molecule has 1 amide bonds. The number of methoxy groups -OCH3 is 1. The Bertz CT molecular complexity index is 1230. The van der Waals surface area contributed by atoms with Gasteiger partial charge in [0.15, 0.2) is 0 Å². The summed E-state index contributed by atoms with van der Waals surface area (Å²) in [4.78, 5) is 15.2. The van der Waals surface area contributed by atoms with E-state index in [1.807, 2.05) is 0 Å². The molecule has 5 nitrogen and oxygen atoms in total. The number of hydrogen-bond donors (Lipinski definition) is 2. The summed E-state index contributed by atoms with van der Waals surface area (Å²) in [5, 5.41) is 6.06. The molecule has 0 saturated carbocycles. The summed E-state index contributed by atoms with van der Waals surface area (Å²) >= 11 is 0. The summed E-state index contributed by atoms with van der Waals surface area (Å²) in [7, 11) is 1.36. The zero-order valence-corrected chi connectivity index (χ0v) is 17.9. The predicted octanol–water partition coefficient (Wildman–Crippen LogP) is 4.58. The van der Waals surface area contributed by atoms with E-state index in [4.69, 9.17) is 4.74 Å². The fourth-order valence-electron chi connectivity index (χ4n) is 4.74. The van der Waals surface area contributed by atoms with E-state index in [1.165, 1.54) is 55.6 Å². The van der Waals surface area contributed by atoms with E-state index in [2.05, 4.69) is 15.5 Å². The lowest BCUT2D eigenvalue weighted by atomic mass is 10.00. The fourth-order valence-corrected chi connectivity index (χ4v) is 4.74. The van der Waals surface area contributed by atoms with Crippen molar-refractivity contribution in [2.24, 2.45) is 0 Å². The summed E-state index contributed by atoms with van der Waals surface area (Å²) in [5.74, 6) is -2.67. The third-order valence-corrected chi connectivity index (χ3v) is 6.28. The van der Waals surface area contributed by atoms with Crippen molar-refractivity contribution in [2.75, 3.05) is 30.4 Å². The molecule has 2 bridgehead atoms. The highest BCUT2D eigenvalue weighted by Gasteiger charge is 2.38. The van der Waals surface area contributed by atoms with Crippen LogP contribution in [0.1, 0.15) is 16.8 Å². The molecule has 8 heteroatoms. The van der Waals surface area contributed by atoms with Gasteiger partial charge in [0.25, 0.3) is 5.91 Å². The van der Waals surface area contributed by atoms with Crippen LogP contribution in [0.25, 0.3) is 11.1 Å². The minimum absolute atomic E-state index is 0.0702. The van der Waals surface area contributed by atoms with Gasteiger partial charge < -0.3 is 20.3 Å². The summed E-state index contributed by atoms with van der Waals surface area (Å²) in [6, 6.07) is 13.1. The maximum absolute atomic E-state index is 15.4. The minimum Gasteiger partial charge on any atom is -0.496 e. The molecule has 2 atom stereocenters. The molecular formula is C25H22F3N3O2. The van der Waals surface area contributed by atoms with Crippen molar-refractivity contribution in [1.29, 1.82) is 0 Å². The summed E-state index contributed by atoms with van der Waals surface area (Å²) in [5.41, 5.74) is 0.503. The normalized spacial score (nSPS) is 19.1. The van der Waals surface area contributed by atoms with Gasteiger partial charge in [-0.15, -0.1) is 0 Å². The van der Waals surface area contributed by atoms with Crippen LogP contribution in [-0.2, 0) is 0 Å². The monoisotopic (exact) mass is 453 g/mol. The molecule has 3 aromatic carbocycles. The Morgan fingerprint density at radius 3 is 2.67 bits per heavy atom. The molecule has 2 heterocycles. The molecule has 2 N–H and O–H groups in total. The average molecular weight is 453 g/mol. The number of ether oxygens (including phenoxy) is 1. The first-order chi connectivity index (χ1) is 16.0. The number of rotatable bonds is 5. The Kier molecular flexibility index (Phi) is 5.46. The molecule has 2 aliphatic heterocycles. The Labute approximate surface area is 189 Å². The Morgan fingerprint density at radius 1 is 1.12 bits per heavy atom. The number of halogens is 3. The number of hydrogen-bond acceptors (Lipinski definition) is 4. The number of nitrogens with zero attached hydrogens (tertiary/aromatic N) is 1. The molecule has 170 valence electrons. The van der Waals surface area contributed by atoms with Crippen molar-refractivity contribution in [2.45, 2.75) is 18.5 Å². The molecule has 0 radical (unpaired) electrons. The first-order valence-corrected chi connectivity index (χ1v) is 10.7. The molecule has 2 saturated heterocycles. The standard InChI is InChI=1S/C25H22F3N3O2/c1-33-22-7-3-6-19(27)23(22)17-4-2-5-18(24(17)28)25(32)30-20-10-14(26)8-9-21(20)31-13-15-11-16(31)12-29-15/h2-10,15-16,29H,11-13H2,1H3,(H,30,32). The molecule has 2 unspecified atom stereocenters. The van der Waals surface area contributed by atoms with Crippen LogP contribution in [0.4, 0.5) is 24.5 Å². The van der Waals surface area contributed by atoms with Gasteiger partial charge in [0.1, 0.15) is 23.2 Å². The van der Waals surface area contributed by atoms with Gasteiger partial charge in [-0.2, -0.15) is 0 Å². The van der Waals surface area contributed by atoms with E-state index in [0.29, 0.717) is 11.7 Å². The van der Waals surface area contributed by atoms with Crippen molar-refractivity contribution in [3.63, 3.8) is 0 Å². The summed E-state index contributed by atoms with van der Waals surface area (Å²) < 4.78 is 49.2. The minimum atomic E-state index is -0.888. The number of nitrogens with one attached hydrogen (secondary N) is 2. The van der Waals surface area contributed by atoms with Gasteiger partial charge in [0, 0.05) is 30.7 Å². The first-order valence-electron chi connectivity index (χ1n) is 10.7. The fraction of sp³-hybridized carbons (Fsp3) is 0.240. The van der Waals surface area contributed by atoms with Crippen LogP contribution < -0.4 is 20.3 Å². The van der Waals surface area contributed by atoms with E-state index < -0.39 is 23.4 Å². The van der Waals surface area contributed by atoms with E-state index in [0.717, 1.165) is 19.5 Å². The number of anilines is 2. The molecular weight excluding hydrogens is 431 g/mol. The summed E-state index contributed by atoms with van der Waals surface area (Å²) in [6.07, 6.45) is 0.978. The van der Waals surface area contributed by atoms with Gasteiger partial charge in [0.05, 0.1) is 29.6 Å². The molecule has 0 spiro atoms. The summed E-state index contributed by atoms with van der Waals surface area (Å²) in [6.45, 7) is 1.56. The lowest BCUT2D eigenvalue weighted by molar-refractivity contribution is 0.102. The Hall–Kier alpha value is -3.52. The van der Waals surface area contributed by atoms with E-state index >= 15 is 4.39 Å². The van der Waals surface area contributed by atoms with Crippen LogP contribution >= 0.6 is 0 Å². The highest BCUT2D eigenvalue weighted by molar-refractivity contribution is 6.07. The molecule has 3 aromatic rings. The van der Waals surface area contributed by atoms with Crippen LogP contribution in [0.2, 0.25) is 0 Å². The van der Waals surface area contributed by atoms with Gasteiger partial charge in [0.2, 0.25) is 0 Å². The third kappa shape index (κ3) is 3.80. The molecule has 0 aromatic heterocycles. The highest BCUT2D eigenvalue weighted by atomic mass is 19.1. The van der Waals surface area contributed by atoms with Crippen LogP contribution in [0, 0.1) is 17.5 Å². The maximum atomic E-state index is 15.4. The van der Waals surface area contributed by atoms with Gasteiger partial charge in [-0.3, -0.25) is 4.79 Å². The SMILES string of the molecule is COc1cccc(F)c1-c1cccc(C(=O)Nc2cc(F)ccc2N2CC3CC2CN3)c1F. The maximum Gasteiger partial charge on any atom is 0.258 e. The second kappa shape index (κ2) is 8.44. The van der Waals surface area contributed by atoms with Crippen molar-refractivity contribution >= 4 is 17.3 Å². The molecule has 33 heavy (non-hydrogen) atoms. The van der Waals surface area contributed by atoms with Gasteiger partial charge in [-0.05, 0) is 42.8 Å². The van der Waals surface area contributed by atoms with Gasteiger partial charge >= 0.3 is 0 Å². The number of amides is 1. The molecule has 2 fully saturated rings. The largest absolute Gasteiger partial charge is 0.496 e. The number of piperazine rings is 1. The molecule has 0 aliphatic carbocycles. The van der Waals surface area contributed by atoms with Crippen molar-refractivity contribution in [1.82, 2.24) is 5.32 Å². The van der Waals surface area contributed by atoms with Crippen LogP contribution in [0.15, 0.2) is 54.6 Å². The zero-order chi connectivity index (χ0) is 23.1. The Balaban J connectivity index is 1.49. The topological polar surface area (TPSA) is 53.6 Å². The van der Waals surface area contributed by atoms with Crippen LogP contribution in [-0.4, -0.2) is 38.2 Å². The van der Waals surface area contributed by atoms with Gasteiger partial charge in [-0.1, -0.05) is 18.2 Å². The average Bonchev–Trinajstić information content (AvgIpc) is 3.43. The van der Waals surface area contributed by atoms with E-state index in [-0.39, 0.29) is 34.2 Å². The quantitative estimate of drug-likeness (QED) is 0.594. The third-order valence-electron chi connectivity index (χ3n) is 6.28. The molecule has 2 aliphatic rings. The van der Waals surface area contributed by atoms with Crippen LogP contribution in [0.3, 0.4) is 0 Å². The first kappa shape index (κ1) is 21.3. The lowest BCUT2D eigenvalue weighted by Crippen LogP contribution is -2.44. The van der Waals surface area contributed by atoms with Gasteiger partial charge in [-0.25, -0.2) is 13.2 Å². The van der Waals surface area contributed by atoms with E-state index in [9.17, 15) is 13.6 Å². The molecule has 5 rings (SSSR count).